The Balaban J connectivity index is 2.24. The third-order valence-electron chi connectivity index (χ3n) is 3.28. The van der Waals surface area contributed by atoms with Crippen LogP contribution in [0.1, 0.15) is 13.3 Å². The molecule has 104 valence electrons. The molecule has 3 aromatic rings. The van der Waals surface area contributed by atoms with Crippen molar-refractivity contribution in [3.63, 3.8) is 0 Å². The highest BCUT2D eigenvalue weighted by Crippen LogP contribution is 2.19. The Hall–Kier alpha value is -2.44. The van der Waals surface area contributed by atoms with Gasteiger partial charge in [-0.25, -0.2) is 9.97 Å². The van der Waals surface area contributed by atoms with Crippen LogP contribution in [0.4, 0.5) is 0 Å². The molecule has 0 bridgehead atoms. The summed E-state index contributed by atoms with van der Waals surface area (Å²) in [5.74, 6) is 0.701. The number of hydrogen-bond donors (Lipinski definition) is 0. The lowest BCUT2D eigenvalue weighted by atomic mass is 10.3. The topological polar surface area (TPSA) is 70.5 Å². The first-order valence-electron chi connectivity index (χ1n) is 6.52. The SMILES string of the molecule is CCCn1cnc2c(nc(-c3cnn(C)c3)n2C)c1=O. The summed E-state index contributed by atoms with van der Waals surface area (Å²) in [5.41, 5.74) is 1.78. The number of hydrogen-bond acceptors (Lipinski definition) is 4. The number of aryl methyl sites for hydroxylation is 3. The second-order valence-electron chi connectivity index (χ2n) is 4.81. The summed E-state index contributed by atoms with van der Waals surface area (Å²) in [6, 6.07) is 0. The Morgan fingerprint density at radius 1 is 1.30 bits per heavy atom. The Labute approximate surface area is 115 Å². The Kier molecular flexibility index (Phi) is 2.89. The van der Waals surface area contributed by atoms with Gasteiger partial charge in [-0.3, -0.25) is 14.0 Å². The minimum Gasteiger partial charge on any atom is -0.312 e. The predicted molar refractivity (Wildman–Crippen MR) is 75.3 cm³/mol. The summed E-state index contributed by atoms with van der Waals surface area (Å²) in [6.45, 7) is 2.68. The van der Waals surface area contributed by atoms with E-state index in [9.17, 15) is 4.79 Å². The molecular formula is C13H16N6O. The number of rotatable bonds is 3. The molecule has 0 N–H and O–H groups in total. The molecule has 3 heterocycles. The fourth-order valence-electron chi connectivity index (χ4n) is 2.29. The highest BCUT2D eigenvalue weighted by molar-refractivity contribution is 5.75. The van der Waals surface area contributed by atoms with E-state index in [1.807, 2.05) is 31.8 Å². The van der Waals surface area contributed by atoms with E-state index in [-0.39, 0.29) is 5.56 Å². The van der Waals surface area contributed by atoms with E-state index in [0.717, 1.165) is 12.0 Å². The molecule has 0 saturated heterocycles. The minimum atomic E-state index is -0.0948. The Morgan fingerprint density at radius 3 is 2.75 bits per heavy atom. The molecular weight excluding hydrogens is 256 g/mol. The van der Waals surface area contributed by atoms with Crippen LogP contribution in [0.25, 0.3) is 22.6 Å². The summed E-state index contributed by atoms with van der Waals surface area (Å²) in [4.78, 5) is 21.1. The first kappa shape index (κ1) is 12.6. The van der Waals surface area contributed by atoms with Crippen LogP contribution in [0.15, 0.2) is 23.5 Å². The Morgan fingerprint density at radius 2 is 2.10 bits per heavy atom. The fourth-order valence-corrected chi connectivity index (χ4v) is 2.29. The van der Waals surface area contributed by atoms with Crippen LogP contribution in [0.2, 0.25) is 0 Å². The molecule has 3 aromatic heterocycles. The first-order valence-corrected chi connectivity index (χ1v) is 6.52. The van der Waals surface area contributed by atoms with E-state index >= 15 is 0 Å². The van der Waals surface area contributed by atoms with Gasteiger partial charge in [-0.15, -0.1) is 0 Å². The van der Waals surface area contributed by atoms with Crippen molar-refractivity contribution in [2.75, 3.05) is 0 Å². The van der Waals surface area contributed by atoms with Crippen molar-refractivity contribution >= 4 is 11.2 Å². The maximum absolute atomic E-state index is 12.3. The zero-order chi connectivity index (χ0) is 14.3. The third kappa shape index (κ3) is 1.82. The number of aromatic nitrogens is 6. The zero-order valence-corrected chi connectivity index (χ0v) is 11.7. The largest absolute Gasteiger partial charge is 0.312 e. The van der Waals surface area contributed by atoms with Crippen LogP contribution < -0.4 is 5.56 Å². The van der Waals surface area contributed by atoms with Crippen LogP contribution in [0.5, 0.6) is 0 Å². The highest BCUT2D eigenvalue weighted by atomic mass is 16.1. The third-order valence-corrected chi connectivity index (χ3v) is 3.28. The maximum Gasteiger partial charge on any atom is 0.281 e. The second-order valence-corrected chi connectivity index (χ2v) is 4.81. The lowest BCUT2D eigenvalue weighted by molar-refractivity contribution is 0.646. The molecule has 0 aliphatic heterocycles. The van der Waals surface area contributed by atoms with Gasteiger partial charge in [0, 0.05) is 26.8 Å². The molecule has 0 aliphatic carbocycles. The zero-order valence-electron chi connectivity index (χ0n) is 11.7. The van der Waals surface area contributed by atoms with Gasteiger partial charge in [0.25, 0.3) is 5.56 Å². The van der Waals surface area contributed by atoms with Crippen LogP contribution in [0.3, 0.4) is 0 Å². The van der Waals surface area contributed by atoms with Gasteiger partial charge in [0.1, 0.15) is 12.2 Å². The van der Waals surface area contributed by atoms with Crippen LogP contribution in [-0.4, -0.2) is 28.9 Å². The molecule has 0 aromatic carbocycles. The van der Waals surface area contributed by atoms with E-state index in [2.05, 4.69) is 15.1 Å². The summed E-state index contributed by atoms with van der Waals surface area (Å²) >= 11 is 0. The van der Waals surface area contributed by atoms with Crippen molar-refractivity contribution in [1.82, 2.24) is 28.9 Å². The van der Waals surface area contributed by atoms with Gasteiger partial charge in [0.05, 0.1) is 11.8 Å². The van der Waals surface area contributed by atoms with Crippen molar-refractivity contribution < 1.29 is 0 Å². The average molecular weight is 272 g/mol. The minimum absolute atomic E-state index is 0.0948. The van der Waals surface area contributed by atoms with Gasteiger partial charge in [-0.05, 0) is 6.42 Å². The van der Waals surface area contributed by atoms with Gasteiger partial charge in [-0.1, -0.05) is 6.92 Å². The van der Waals surface area contributed by atoms with E-state index in [0.29, 0.717) is 23.5 Å². The van der Waals surface area contributed by atoms with Gasteiger partial charge >= 0.3 is 0 Å². The van der Waals surface area contributed by atoms with Crippen LogP contribution >= 0.6 is 0 Å². The van der Waals surface area contributed by atoms with E-state index in [4.69, 9.17) is 0 Å². The van der Waals surface area contributed by atoms with Gasteiger partial charge in [0.15, 0.2) is 11.2 Å². The summed E-state index contributed by atoms with van der Waals surface area (Å²) in [7, 11) is 3.70. The lowest BCUT2D eigenvalue weighted by Crippen LogP contribution is -2.20. The molecule has 0 amide bonds. The van der Waals surface area contributed by atoms with Crippen molar-refractivity contribution in [2.24, 2.45) is 14.1 Å². The van der Waals surface area contributed by atoms with E-state index < -0.39 is 0 Å². The maximum atomic E-state index is 12.3. The molecule has 0 fully saturated rings. The molecule has 0 radical (unpaired) electrons. The van der Waals surface area contributed by atoms with E-state index in [1.54, 1.807) is 21.8 Å². The molecule has 0 aliphatic rings. The molecule has 0 spiro atoms. The molecule has 20 heavy (non-hydrogen) atoms. The molecule has 0 unspecified atom stereocenters. The summed E-state index contributed by atoms with van der Waals surface area (Å²) < 4.78 is 5.13. The normalized spacial score (nSPS) is 11.3. The smallest absolute Gasteiger partial charge is 0.281 e. The van der Waals surface area contributed by atoms with Gasteiger partial charge in [-0.2, -0.15) is 5.10 Å². The first-order chi connectivity index (χ1) is 9.61. The van der Waals surface area contributed by atoms with Crippen molar-refractivity contribution in [3.05, 3.63) is 29.1 Å². The molecule has 0 saturated carbocycles. The lowest BCUT2D eigenvalue weighted by Gasteiger charge is -2.02. The van der Waals surface area contributed by atoms with Gasteiger partial charge in [0.2, 0.25) is 0 Å². The molecule has 0 atom stereocenters. The standard InChI is InChI=1S/C13H16N6O/c1-4-5-19-8-14-12-10(13(19)20)16-11(18(12)3)9-6-15-17(2)7-9/h6-8H,4-5H2,1-3H3. The van der Waals surface area contributed by atoms with Crippen molar-refractivity contribution in [1.29, 1.82) is 0 Å². The highest BCUT2D eigenvalue weighted by Gasteiger charge is 2.15. The van der Waals surface area contributed by atoms with Crippen LogP contribution in [0, 0.1) is 0 Å². The van der Waals surface area contributed by atoms with Crippen molar-refractivity contribution in [3.8, 4) is 11.4 Å². The number of nitrogens with zero attached hydrogens (tertiary/aromatic N) is 6. The molecule has 7 heteroatoms. The summed E-state index contributed by atoms with van der Waals surface area (Å²) in [6.07, 6.45) is 6.07. The van der Waals surface area contributed by atoms with Gasteiger partial charge < -0.3 is 4.57 Å². The molecule has 7 nitrogen and oxygen atoms in total. The number of fused-ring (bicyclic) bond motifs is 1. The quantitative estimate of drug-likeness (QED) is 0.711. The number of imidazole rings is 1. The van der Waals surface area contributed by atoms with Crippen LogP contribution in [-0.2, 0) is 20.6 Å². The van der Waals surface area contributed by atoms with E-state index in [1.165, 1.54) is 0 Å². The van der Waals surface area contributed by atoms with Crippen molar-refractivity contribution in [2.45, 2.75) is 19.9 Å². The fraction of sp³-hybridized carbons (Fsp3) is 0.385. The second kappa shape index (κ2) is 4.59. The predicted octanol–water partition coefficient (Wildman–Crippen LogP) is 0.940. The Bertz CT molecular complexity index is 825. The average Bonchev–Trinajstić information content (AvgIpc) is 2.98. The summed E-state index contributed by atoms with van der Waals surface area (Å²) in [5, 5.41) is 4.13. The molecule has 3 rings (SSSR count). The monoisotopic (exact) mass is 272 g/mol.